The molecule has 1 heterocycles. The molecule has 3 heteroatoms. The number of allylic oxidation sites excluding steroid dienone is 3. The topological polar surface area (TPSA) is 35.5 Å². The van der Waals surface area contributed by atoms with E-state index in [1.807, 2.05) is 12.1 Å². The second-order valence-corrected chi connectivity index (χ2v) is 6.27. The predicted octanol–water partition coefficient (Wildman–Crippen LogP) is 3.40. The molecule has 1 aromatic rings. The van der Waals surface area contributed by atoms with Gasteiger partial charge in [-0.05, 0) is 42.2 Å². The minimum atomic E-state index is -0.258. The second kappa shape index (κ2) is 4.23. The summed E-state index contributed by atoms with van der Waals surface area (Å²) in [7, 11) is 1.66. The van der Waals surface area contributed by atoms with Crippen LogP contribution in [0.4, 0.5) is 0 Å². The van der Waals surface area contributed by atoms with Gasteiger partial charge in [0.15, 0.2) is 5.78 Å². The first kappa shape index (κ1) is 12.7. The Morgan fingerprint density at radius 3 is 3.05 bits per heavy atom. The van der Waals surface area contributed by atoms with Crippen LogP contribution in [0.15, 0.2) is 35.9 Å². The summed E-state index contributed by atoms with van der Waals surface area (Å²) in [6.45, 7) is 2.67. The van der Waals surface area contributed by atoms with E-state index in [1.165, 1.54) is 11.1 Å². The van der Waals surface area contributed by atoms with Gasteiger partial charge in [-0.3, -0.25) is 4.79 Å². The molecule has 1 aromatic carbocycles. The highest BCUT2D eigenvalue weighted by molar-refractivity contribution is 5.99. The number of hydrogen-bond donors (Lipinski definition) is 0. The lowest BCUT2D eigenvalue weighted by Gasteiger charge is -2.40. The molecule has 2 aliphatic carbocycles. The van der Waals surface area contributed by atoms with Crippen molar-refractivity contribution in [3.63, 3.8) is 0 Å². The van der Waals surface area contributed by atoms with Gasteiger partial charge in [-0.25, -0.2) is 0 Å². The molecule has 2 unspecified atom stereocenters. The molecule has 0 spiro atoms. The number of benzene rings is 1. The Balaban J connectivity index is 1.83. The number of ether oxygens (including phenoxy) is 2. The summed E-state index contributed by atoms with van der Waals surface area (Å²) in [6.07, 6.45) is 5.67. The molecule has 21 heavy (non-hydrogen) atoms. The summed E-state index contributed by atoms with van der Waals surface area (Å²) in [5, 5.41) is 0. The maximum absolute atomic E-state index is 12.2. The quantitative estimate of drug-likeness (QED) is 0.792. The standard InChI is InChI=1S/C18H18O3/c1-18-8-7-12-13-4-3-11(20-2)9-16(13)21-10-14(12)15(18)5-6-17(18)19/h3-6,9,15H,7-8,10H2,1-2H3. The first-order chi connectivity index (χ1) is 10.1. The second-order valence-electron chi connectivity index (χ2n) is 6.27. The molecular weight excluding hydrogens is 264 g/mol. The Hall–Kier alpha value is -2.03. The van der Waals surface area contributed by atoms with E-state index in [-0.39, 0.29) is 17.1 Å². The number of carbonyl (C=O) groups excluding carboxylic acids is 1. The Kier molecular flexibility index (Phi) is 2.56. The van der Waals surface area contributed by atoms with E-state index in [0.29, 0.717) is 6.61 Å². The van der Waals surface area contributed by atoms with Gasteiger partial charge in [0.25, 0.3) is 0 Å². The monoisotopic (exact) mass is 282 g/mol. The minimum Gasteiger partial charge on any atom is -0.497 e. The van der Waals surface area contributed by atoms with Crippen molar-refractivity contribution in [2.75, 3.05) is 13.7 Å². The van der Waals surface area contributed by atoms with Gasteiger partial charge in [-0.1, -0.05) is 13.0 Å². The van der Waals surface area contributed by atoms with Crippen molar-refractivity contribution in [3.8, 4) is 11.5 Å². The molecule has 0 aromatic heterocycles. The lowest BCUT2D eigenvalue weighted by atomic mass is 9.65. The third kappa shape index (κ3) is 1.63. The zero-order valence-electron chi connectivity index (χ0n) is 12.3. The van der Waals surface area contributed by atoms with Crippen LogP contribution >= 0.6 is 0 Å². The number of carbonyl (C=O) groups is 1. The zero-order valence-corrected chi connectivity index (χ0v) is 12.3. The van der Waals surface area contributed by atoms with Crippen LogP contribution < -0.4 is 9.47 Å². The van der Waals surface area contributed by atoms with Gasteiger partial charge in [0.1, 0.15) is 18.1 Å². The van der Waals surface area contributed by atoms with E-state index in [1.54, 1.807) is 13.2 Å². The average molecular weight is 282 g/mol. The van der Waals surface area contributed by atoms with Gasteiger partial charge in [0.2, 0.25) is 0 Å². The van der Waals surface area contributed by atoms with Crippen molar-refractivity contribution in [3.05, 3.63) is 41.5 Å². The molecule has 2 atom stereocenters. The fourth-order valence-corrected chi connectivity index (χ4v) is 3.89. The fraction of sp³-hybridized carbons (Fsp3) is 0.389. The maximum Gasteiger partial charge on any atom is 0.162 e. The van der Waals surface area contributed by atoms with Crippen LogP contribution in [-0.4, -0.2) is 19.5 Å². The summed E-state index contributed by atoms with van der Waals surface area (Å²) < 4.78 is 11.2. The van der Waals surface area contributed by atoms with E-state index in [0.717, 1.165) is 29.9 Å². The SMILES string of the molecule is COc1ccc2c(c1)OCC1=C2CCC2(C)C(=O)C=CC12. The summed E-state index contributed by atoms with van der Waals surface area (Å²) in [6, 6.07) is 6.00. The highest BCUT2D eigenvalue weighted by Gasteiger charge is 2.48. The van der Waals surface area contributed by atoms with Crippen molar-refractivity contribution >= 4 is 11.4 Å². The van der Waals surface area contributed by atoms with E-state index in [2.05, 4.69) is 19.1 Å². The molecular formula is C18H18O3. The van der Waals surface area contributed by atoms with Crippen molar-refractivity contribution in [2.45, 2.75) is 19.8 Å². The highest BCUT2D eigenvalue weighted by Crippen LogP contribution is 2.53. The Morgan fingerprint density at radius 2 is 2.24 bits per heavy atom. The smallest absolute Gasteiger partial charge is 0.162 e. The number of rotatable bonds is 1. The third-order valence-corrected chi connectivity index (χ3v) is 5.24. The van der Waals surface area contributed by atoms with Crippen molar-refractivity contribution in [2.24, 2.45) is 11.3 Å². The summed E-state index contributed by atoms with van der Waals surface area (Å²) in [4.78, 5) is 12.2. The molecule has 0 saturated heterocycles. The van der Waals surface area contributed by atoms with E-state index >= 15 is 0 Å². The lowest BCUT2D eigenvalue weighted by molar-refractivity contribution is -0.123. The molecule has 0 radical (unpaired) electrons. The molecule has 0 bridgehead atoms. The lowest BCUT2D eigenvalue weighted by Crippen LogP contribution is -2.36. The predicted molar refractivity (Wildman–Crippen MR) is 80.4 cm³/mol. The third-order valence-electron chi connectivity index (χ3n) is 5.24. The number of hydrogen-bond acceptors (Lipinski definition) is 3. The number of methoxy groups -OCH3 is 1. The number of ketones is 1. The van der Waals surface area contributed by atoms with Gasteiger partial charge in [0.05, 0.1) is 7.11 Å². The van der Waals surface area contributed by atoms with E-state index < -0.39 is 0 Å². The van der Waals surface area contributed by atoms with Crippen molar-refractivity contribution in [1.82, 2.24) is 0 Å². The molecule has 1 aliphatic heterocycles. The normalized spacial score (nSPS) is 29.6. The van der Waals surface area contributed by atoms with Crippen LogP contribution in [0.2, 0.25) is 0 Å². The van der Waals surface area contributed by atoms with Crippen LogP contribution in [0.3, 0.4) is 0 Å². The van der Waals surface area contributed by atoms with Gasteiger partial charge in [-0.15, -0.1) is 0 Å². The van der Waals surface area contributed by atoms with Crippen molar-refractivity contribution < 1.29 is 14.3 Å². The Bertz CT molecular complexity index is 698. The molecule has 3 nitrogen and oxygen atoms in total. The molecule has 3 aliphatic rings. The van der Waals surface area contributed by atoms with Gasteiger partial charge < -0.3 is 9.47 Å². The summed E-state index contributed by atoms with van der Waals surface area (Å²) in [5.41, 5.74) is 3.54. The van der Waals surface area contributed by atoms with E-state index in [9.17, 15) is 4.79 Å². The number of fused-ring (bicyclic) bond motifs is 4. The first-order valence-corrected chi connectivity index (χ1v) is 7.39. The maximum atomic E-state index is 12.2. The minimum absolute atomic E-state index is 0.198. The molecule has 108 valence electrons. The van der Waals surface area contributed by atoms with Gasteiger partial charge >= 0.3 is 0 Å². The van der Waals surface area contributed by atoms with Gasteiger partial charge in [-0.2, -0.15) is 0 Å². The van der Waals surface area contributed by atoms with Crippen LogP contribution in [0.25, 0.3) is 5.57 Å². The molecule has 0 N–H and O–H groups in total. The first-order valence-electron chi connectivity index (χ1n) is 7.39. The fourth-order valence-electron chi connectivity index (χ4n) is 3.89. The van der Waals surface area contributed by atoms with Gasteiger partial charge in [0, 0.05) is 23.0 Å². The Labute approximate surface area is 124 Å². The summed E-state index contributed by atoms with van der Waals surface area (Å²) in [5.74, 6) is 2.17. The molecule has 0 amide bonds. The molecule has 0 fully saturated rings. The van der Waals surface area contributed by atoms with Crippen molar-refractivity contribution in [1.29, 1.82) is 0 Å². The highest BCUT2D eigenvalue weighted by atomic mass is 16.5. The zero-order chi connectivity index (χ0) is 14.6. The Morgan fingerprint density at radius 1 is 1.38 bits per heavy atom. The largest absolute Gasteiger partial charge is 0.497 e. The van der Waals surface area contributed by atoms with Crippen LogP contribution in [-0.2, 0) is 4.79 Å². The van der Waals surface area contributed by atoms with E-state index in [4.69, 9.17) is 9.47 Å². The molecule has 4 rings (SSSR count). The summed E-state index contributed by atoms with van der Waals surface area (Å²) >= 11 is 0. The van der Waals surface area contributed by atoms with Crippen LogP contribution in [0.5, 0.6) is 11.5 Å². The molecule has 0 saturated carbocycles. The average Bonchev–Trinajstić information content (AvgIpc) is 2.82. The van der Waals surface area contributed by atoms with Crippen LogP contribution in [0.1, 0.15) is 25.3 Å². The van der Waals surface area contributed by atoms with Crippen LogP contribution in [0, 0.1) is 11.3 Å².